The number of nitrogens with zero attached hydrogens (tertiary/aromatic N) is 1. The van der Waals surface area contributed by atoms with Gasteiger partial charge in [0.1, 0.15) is 11.0 Å². The van der Waals surface area contributed by atoms with Gasteiger partial charge in [-0.25, -0.2) is 9.37 Å². The van der Waals surface area contributed by atoms with E-state index in [0.717, 1.165) is 18.4 Å². The third kappa shape index (κ3) is 1.86. The minimum absolute atomic E-state index is 0.191. The van der Waals surface area contributed by atoms with Crippen LogP contribution in [0.25, 0.3) is 0 Å². The number of alkyl halides is 1. The van der Waals surface area contributed by atoms with Crippen LogP contribution in [0.4, 0.5) is 4.39 Å². The van der Waals surface area contributed by atoms with Gasteiger partial charge in [0.25, 0.3) is 0 Å². The molecule has 1 aliphatic carbocycles. The lowest BCUT2D eigenvalue weighted by Crippen LogP contribution is -1.97. The SMILES string of the molecule is Fc1c(C2CC2)cc(Cl)nc1CBr. The molecular formula is C9H8BrClFN. The zero-order chi connectivity index (χ0) is 9.42. The lowest BCUT2D eigenvalue weighted by Gasteiger charge is -2.05. The average Bonchev–Trinajstić information content (AvgIpc) is 2.91. The summed E-state index contributed by atoms with van der Waals surface area (Å²) in [5, 5.41) is 0.803. The molecule has 0 atom stereocenters. The van der Waals surface area contributed by atoms with Crippen molar-refractivity contribution in [1.82, 2.24) is 4.98 Å². The molecule has 0 aromatic carbocycles. The molecular weight excluding hydrogens is 256 g/mol. The fourth-order valence-electron chi connectivity index (χ4n) is 1.35. The predicted octanol–water partition coefficient (Wildman–Crippen LogP) is 3.65. The Morgan fingerprint density at radius 2 is 2.31 bits per heavy atom. The molecule has 0 spiro atoms. The summed E-state index contributed by atoms with van der Waals surface area (Å²) in [6, 6.07) is 1.64. The average molecular weight is 265 g/mol. The predicted molar refractivity (Wildman–Crippen MR) is 53.8 cm³/mol. The summed E-state index contributed by atoms with van der Waals surface area (Å²) in [4.78, 5) is 3.91. The minimum Gasteiger partial charge on any atom is -0.237 e. The second-order valence-corrected chi connectivity index (χ2v) is 4.15. The van der Waals surface area contributed by atoms with Crippen molar-refractivity contribution < 1.29 is 4.39 Å². The maximum absolute atomic E-state index is 13.6. The van der Waals surface area contributed by atoms with Crippen molar-refractivity contribution >= 4 is 27.5 Å². The summed E-state index contributed by atoms with van der Waals surface area (Å²) < 4.78 is 13.6. The van der Waals surface area contributed by atoms with Gasteiger partial charge in [0.15, 0.2) is 0 Å². The lowest BCUT2D eigenvalue weighted by atomic mass is 10.1. The molecule has 4 heteroatoms. The number of pyridine rings is 1. The van der Waals surface area contributed by atoms with E-state index in [-0.39, 0.29) is 5.82 Å². The van der Waals surface area contributed by atoms with E-state index < -0.39 is 0 Å². The molecule has 1 aromatic rings. The van der Waals surface area contributed by atoms with E-state index in [0.29, 0.717) is 22.1 Å². The maximum Gasteiger partial charge on any atom is 0.149 e. The van der Waals surface area contributed by atoms with Crippen LogP contribution < -0.4 is 0 Å². The highest BCUT2D eigenvalue weighted by molar-refractivity contribution is 9.08. The van der Waals surface area contributed by atoms with Gasteiger partial charge in [0.2, 0.25) is 0 Å². The van der Waals surface area contributed by atoms with Gasteiger partial charge in [0, 0.05) is 5.33 Å². The van der Waals surface area contributed by atoms with E-state index in [4.69, 9.17) is 11.6 Å². The summed E-state index contributed by atoms with van der Waals surface area (Å²) >= 11 is 8.96. The van der Waals surface area contributed by atoms with Crippen LogP contribution in [0.3, 0.4) is 0 Å². The highest BCUT2D eigenvalue weighted by Gasteiger charge is 2.28. The molecule has 1 aliphatic rings. The maximum atomic E-state index is 13.6. The molecule has 0 saturated heterocycles. The topological polar surface area (TPSA) is 12.9 Å². The minimum atomic E-state index is -0.191. The van der Waals surface area contributed by atoms with Gasteiger partial charge in [-0.1, -0.05) is 27.5 Å². The third-order valence-electron chi connectivity index (χ3n) is 2.17. The quantitative estimate of drug-likeness (QED) is 0.587. The van der Waals surface area contributed by atoms with Gasteiger partial charge >= 0.3 is 0 Å². The Hall–Kier alpha value is -0.150. The highest BCUT2D eigenvalue weighted by atomic mass is 79.9. The van der Waals surface area contributed by atoms with Crippen LogP contribution in [-0.2, 0) is 5.33 Å². The molecule has 1 fully saturated rings. The van der Waals surface area contributed by atoms with Crippen molar-refractivity contribution in [3.05, 3.63) is 28.3 Å². The van der Waals surface area contributed by atoms with Crippen molar-refractivity contribution in [2.24, 2.45) is 0 Å². The summed E-state index contributed by atoms with van der Waals surface area (Å²) in [5.74, 6) is 0.182. The Labute approximate surface area is 89.4 Å². The molecule has 0 unspecified atom stereocenters. The van der Waals surface area contributed by atoms with E-state index in [9.17, 15) is 4.39 Å². The summed E-state index contributed by atoms with van der Waals surface area (Å²) in [6.45, 7) is 0. The smallest absolute Gasteiger partial charge is 0.149 e. The van der Waals surface area contributed by atoms with E-state index in [1.807, 2.05) is 0 Å². The summed E-state index contributed by atoms with van der Waals surface area (Å²) in [7, 11) is 0. The van der Waals surface area contributed by atoms with Crippen LogP contribution in [0.2, 0.25) is 5.15 Å². The molecule has 1 nitrogen and oxygen atoms in total. The van der Waals surface area contributed by atoms with Crippen molar-refractivity contribution in [2.45, 2.75) is 24.1 Å². The van der Waals surface area contributed by atoms with Crippen molar-refractivity contribution in [2.75, 3.05) is 0 Å². The monoisotopic (exact) mass is 263 g/mol. The fraction of sp³-hybridized carbons (Fsp3) is 0.444. The second kappa shape index (κ2) is 3.54. The Morgan fingerprint density at radius 1 is 1.62 bits per heavy atom. The summed E-state index contributed by atoms with van der Waals surface area (Å²) in [5.41, 5.74) is 1.14. The molecule has 0 aliphatic heterocycles. The van der Waals surface area contributed by atoms with Gasteiger partial charge in [-0.15, -0.1) is 0 Å². The molecule has 2 rings (SSSR count). The molecule has 1 saturated carbocycles. The van der Waals surface area contributed by atoms with Crippen LogP contribution in [0, 0.1) is 5.82 Å². The number of aromatic nitrogens is 1. The number of hydrogen-bond acceptors (Lipinski definition) is 1. The first-order valence-electron chi connectivity index (χ1n) is 4.13. The third-order valence-corrected chi connectivity index (χ3v) is 2.89. The lowest BCUT2D eigenvalue weighted by molar-refractivity contribution is 0.592. The molecule has 13 heavy (non-hydrogen) atoms. The molecule has 1 heterocycles. The van der Waals surface area contributed by atoms with Crippen LogP contribution in [0.15, 0.2) is 6.07 Å². The van der Waals surface area contributed by atoms with Gasteiger partial charge < -0.3 is 0 Å². The standard InChI is InChI=1S/C9H8BrClFN/c10-4-7-9(12)6(5-1-2-5)3-8(11)13-7/h3,5H,1-2,4H2. The largest absolute Gasteiger partial charge is 0.237 e. The second-order valence-electron chi connectivity index (χ2n) is 3.20. The molecule has 0 bridgehead atoms. The van der Waals surface area contributed by atoms with E-state index in [1.165, 1.54) is 0 Å². The van der Waals surface area contributed by atoms with E-state index in [1.54, 1.807) is 6.07 Å². The van der Waals surface area contributed by atoms with Gasteiger partial charge in [-0.3, -0.25) is 0 Å². The summed E-state index contributed by atoms with van der Waals surface area (Å²) in [6.07, 6.45) is 2.14. The van der Waals surface area contributed by atoms with Crippen molar-refractivity contribution in [3.8, 4) is 0 Å². The first-order valence-corrected chi connectivity index (χ1v) is 5.63. The number of rotatable bonds is 2. The number of hydrogen-bond donors (Lipinski definition) is 0. The Morgan fingerprint density at radius 3 is 2.85 bits per heavy atom. The van der Waals surface area contributed by atoms with Crippen molar-refractivity contribution in [1.29, 1.82) is 0 Å². The Bertz CT molecular complexity index is 339. The van der Waals surface area contributed by atoms with Crippen LogP contribution in [0.5, 0.6) is 0 Å². The Kier molecular flexibility index (Phi) is 2.56. The first kappa shape index (κ1) is 9.41. The van der Waals surface area contributed by atoms with Gasteiger partial charge in [-0.2, -0.15) is 0 Å². The zero-order valence-electron chi connectivity index (χ0n) is 6.86. The Balaban J connectivity index is 2.47. The molecule has 0 radical (unpaired) electrons. The fourth-order valence-corrected chi connectivity index (χ4v) is 1.94. The number of halogens is 3. The molecule has 0 amide bonds. The highest BCUT2D eigenvalue weighted by Crippen LogP contribution is 2.42. The van der Waals surface area contributed by atoms with Crippen LogP contribution in [-0.4, -0.2) is 4.98 Å². The van der Waals surface area contributed by atoms with Gasteiger partial charge in [-0.05, 0) is 30.4 Å². The zero-order valence-corrected chi connectivity index (χ0v) is 9.20. The van der Waals surface area contributed by atoms with Gasteiger partial charge in [0.05, 0.1) is 5.69 Å². The van der Waals surface area contributed by atoms with Crippen molar-refractivity contribution in [3.63, 3.8) is 0 Å². The normalized spacial score (nSPS) is 16.2. The first-order chi connectivity index (χ1) is 6.22. The molecule has 70 valence electrons. The van der Waals surface area contributed by atoms with E-state index in [2.05, 4.69) is 20.9 Å². The van der Waals surface area contributed by atoms with Crippen LogP contribution in [0.1, 0.15) is 30.0 Å². The molecule has 0 N–H and O–H groups in total. The van der Waals surface area contributed by atoms with Crippen LogP contribution >= 0.6 is 27.5 Å². The van der Waals surface area contributed by atoms with E-state index >= 15 is 0 Å². The molecule has 1 aromatic heterocycles.